The first kappa shape index (κ1) is 17.6. The molecule has 3 aromatic rings. The standard InChI is InChI=1S/C21H20FN3O/c1-14-3-6-17(11-15(14)2)21(26)25-19-9-10-20(24-13-19)23-12-16-4-7-18(22)8-5-16/h3-11,13H,12H2,1-2H3,(H,23,24)(H,25,26). The van der Waals surface area contributed by atoms with Crippen molar-refractivity contribution in [1.82, 2.24) is 4.98 Å². The molecule has 0 fully saturated rings. The lowest BCUT2D eigenvalue weighted by Crippen LogP contribution is -2.12. The Labute approximate surface area is 152 Å². The quantitative estimate of drug-likeness (QED) is 0.702. The Morgan fingerprint density at radius 1 is 1.00 bits per heavy atom. The minimum Gasteiger partial charge on any atom is -0.366 e. The van der Waals surface area contributed by atoms with Crippen LogP contribution in [0.15, 0.2) is 60.8 Å². The van der Waals surface area contributed by atoms with Crippen LogP contribution in [0.25, 0.3) is 0 Å². The number of carbonyl (C=O) groups is 1. The summed E-state index contributed by atoms with van der Waals surface area (Å²) in [4.78, 5) is 16.6. The largest absolute Gasteiger partial charge is 0.366 e. The van der Waals surface area contributed by atoms with Crippen molar-refractivity contribution >= 4 is 17.4 Å². The SMILES string of the molecule is Cc1ccc(C(=O)Nc2ccc(NCc3ccc(F)cc3)nc2)cc1C. The van der Waals surface area contributed by atoms with E-state index in [-0.39, 0.29) is 11.7 Å². The first-order valence-corrected chi connectivity index (χ1v) is 8.34. The van der Waals surface area contributed by atoms with Gasteiger partial charge in [0.15, 0.2) is 0 Å². The molecule has 3 rings (SSSR count). The predicted octanol–water partition coefficient (Wildman–Crippen LogP) is 4.70. The number of halogens is 1. The molecule has 0 aliphatic heterocycles. The summed E-state index contributed by atoms with van der Waals surface area (Å²) in [5.41, 5.74) is 4.43. The van der Waals surface area contributed by atoms with Crippen molar-refractivity contribution in [3.63, 3.8) is 0 Å². The molecular weight excluding hydrogens is 329 g/mol. The van der Waals surface area contributed by atoms with E-state index in [2.05, 4.69) is 15.6 Å². The number of aromatic nitrogens is 1. The normalized spacial score (nSPS) is 10.4. The van der Waals surface area contributed by atoms with Crippen molar-refractivity contribution in [2.45, 2.75) is 20.4 Å². The molecular formula is C21H20FN3O. The van der Waals surface area contributed by atoms with Gasteiger partial charge in [0.25, 0.3) is 5.91 Å². The zero-order valence-corrected chi connectivity index (χ0v) is 14.7. The highest BCUT2D eigenvalue weighted by Crippen LogP contribution is 2.15. The zero-order valence-electron chi connectivity index (χ0n) is 14.7. The molecule has 1 amide bonds. The summed E-state index contributed by atoms with van der Waals surface area (Å²) >= 11 is 0. The minimum absolute atomic E-state index is 0.165. The maximum absolute atomic E-state index is 12.9. The molecule has 0 bridgehead atoms. The molecule has 1 heterocycles. The highest BCUT2D eigenvalue weighted by atomic mass is 19.1. The van der Waals surface area contributed by atoms with Crippen LogP contribution in [0.2, 0.25) is 0 Å². The van der Waals surface area contributed by atoms with Gasteiger partial charge in [-0.15, -0.1) is 0 Å². The Balaban J connectivity index is 1.59. The first-order valence-electron chi connectivity index (χ1n) is 8.34. The molecule has 2 N–H and O–H groups in total. The molecule has 5 heteroatoms. The van der Waals surface area contributed by atoms with Crippen molar-refractivity contribution in [2.24, 2.45) is 0 Å². The molecule has 0 aliphatic carbocycles. The van der Waals surface area contributed by atoms with Gasteiger partial charge in [-0.1, -0.05) is 18.2 Å². The van der Waals surface area contributed by atoms with Crippen molar-refractivity contribution in [3.8, 4) is 0 Å². The molecule has 0 unspecified atom stereocenters. The van der Waals surface area contributed by atoms with Gasteiger partial charge >= 0.3 is 0 Å². The number of benzene rings is 2. The van der Waals surface area contributed by atoms with E-state index in [1.165, 1.54) is 12.1 Å². The van der Waals surface area contributed by atoms with Crippen LogP contribution in [-0.2, 0) is 6.54 Å². The molecule has 26 heavy (non-hydrogen) atoms. The number of nitrogens with zero attached hydrogens (tertiary/aromatic N) is 1. The molecule has 0 aliphatic rings. The highest BCUT2D eigenvalue weighted by molar-refractivity contribution is 6.04. The van der Waals surface area contributed by atoms with E-state index in [4.69, 9.17) is 0 Å². The lowest BCUT2D eigenvalue weighted by atomic mass is 10.1. The number of anilines is 2. The molecule has 4 nitrogen and oxygen atoms in total. The second-order valence-electron chi connectivity index (χ2n) is 6.17. The van der Waals surface area contributed by atoms with E-state index in [0.29, 0.717) is 23.6 Å². The third-order valence-electron chi connectivity index (χ3n) is 4.18. The summed E-state index contributed by atoms with van der Waals surface area (Å²) in [7, 11) is 0. The zero-order chi connectivity index (χ0) is 18.5. The number of rotatable bonds is 5. The van der Waals surface area contributed by atoms with Gasteiger partial charge in [-0.05, 0) is 66.9 Å². The van der Waals surface area contributed by atoms with E-state index in [1.54, 1.807) is 30.5 Å². The average molecular weight is 349 g/mol. The molecule has 0 saturated heterocycles. The number of amides is 1. The fourth-order valence-corrected chi connectivity index (χ4v) is 2.45. The highest BCUT2D eigenvalue weighted by Gasteiger charge is 2.07. The van der Waals surface area contributed by atoms with Gasteiger partial charge in [0.1, 0.15) is 11.6 Å². The van der Waals surface area contributed by atoms with E-state index in [1.807, 2.05) is 32.0 Å². The van der Waals surface area contributed by atoms with E-state index < -0.39 is 0 Å². The first-order chi connectivity index (χ1) is 12.5. The fourth-order valence-electron chi connectivity index (χ4n) is 2.45. The number of carbonyl (C=O) groups excluding carboxylic acids is 1. The fraction of sp³-hybridized carbons (Fsp3) is 0.143. The molecule has 2 aromatic carbocycles. The monoisotopic (exact) mass is 349 g/mol. The molecule has 1 aromatic heterocycles. The smallest absolute Gasteiger partial charge is 0.255 e. The summed E-state index contributed by atoms with van der Waals surface area (Å²) in [5, 5.41) is 6.00. The van der Waals surface area contributed by atoms with Crippen molar-refractivity contribution < 1.29 is 9.18 Å². The van der Waals surface area contributed by atoms with Crippen LogP contribution in [0.4, 0.5) is 15.9 Å². The van der Waals surface area contributed by atoms with Gasteiger partial charge in [-0.25, -0.2) is 9.37 Å². The molecule has 132 valence electrons. The number of nitrogens with one attached hydrogen (secondary N) is 2. The summed E-state index contributed by atoms with van der Waals surface area (Å²) in [5.74, 6) is 0.260. The van der Waals surface area contributed by atoms with Gasteiger partial charge in [0.05, 0.1) is 11.9 Å². The molecule has 0 saturated carbocycles. The third kappa shape index (κ3) is 4.45. The Morgan fingerprint density at radius 3 is 2.42 bits per heavy atom. The van der Waals surface area contributed by atoms with E-state index in [9.17, 15) is 9.18 Å². The van der Waals surface area contributed by atoms with E-state index in [0.717, 1.165) is 16.7 Å². The number of aryl methyl sites for hydroxylation is 2. The third-order valence-corrected chi connectivity index (χ3v) is 4.18. The second-order valence-corrected chi connectivity index (χ2v) is 6.17. The number of hydrogen-bond donors (Lipinski definition) is 2. The van der Waals surface area contributed by atoms with Gasteiger partial charge in [0, 0.05) is 12.1 Å². The van der Waals surface area contributed by atoms with Crippen LogP contribution < -0.4 is 10.6 Å². The van der Waals surface area contributed by atoms with Crippen LogP contribution >= 0.6 is 0 Å². The summed E-state index contributed by atoms with van der Waals surface area (Å²) in [6.07, 6.45) is 1.60. The van der Waals surface area contributed by atoms with Crippen LogP contribution in [0.1, 0.15) is 27.0 Å². The summed E-state index contributed by atoms with van der Waals surface area (Å²) < 4.78 is 12.9. The lowest BCUT2D eigenvalue weighted by molar-refractivity contribution is 0.102. The number of pyridine rings is 1. The summed E-state index contributed by atoms with van der Waals surface area (Å²) in [6, 6.07) is 15.5. The Kier molecular flexibility index (Phi) is 5.27. The predicted molar refractivity (Wildman–Crippen MR) is 102 cm³/mol. The van der Waals surface area contributed by atoms with Crippen LogP contribution in [0, 0.1) is 19.7 Å². The Bertz CT molecular complexity index is 906. The van der Waals surface area contributed by atoms with Crippen LogP contribution in [0.5, 0.6) is 0 Å². The van der Waals surface area contributed by atoms with Crippen LogP contribution in [0.3, 0.4) is 0 Å². The molecule has 0 atom stereocenters. The average Bonchev–Trinajstić information content (AvgIpc) is 2.64. The van der Waals surface area contributed by atoms with Crippen molar-refractivity contribution in [1.29, 1.82) is 0 Å². The van der Waals surface area contributed by atoms with Gasteiger partial charge in [-0.3, -0.25) is 4.79 Å². The maximum atomic E-state index is 12.9. The molecule has 0 radical (unpaired) electrons. The maximum Gasteiger partial charge on any atom is 0.255 e. The van der Waals surface area contributed by atoms with E-state index >= 15 is 0 Å². The Hall–Kier alpha value is -3.21. The van der Waals surface area contributed by atoms with Crippen molar-refractivity contribution in [3.05, 3.63) is 88.9 Å². The number of hydrogen-bond acceptors (Lipinski definition) is 3. The van der Waals surface area contributed by atoms with Gasteiger partial charge in [0.2, 0.25) is 0 Å². The van der Waals surface area contributed by atoms with Crippen LogP contribution in [-0.4, -0.2) is 10.9 Å². The minimum atomic E-state index is -0.254. The van der Waals surface area contributed by atoms with Crippen molar-refractivity contribution in [2.75, 3.05) is 10.6 Å². The molecule has 0 spiro atoms. The van der Waals surface area contributed by atoms with Gasteiger partial charge < -0.3 is 10.6 Å². The van der Waals surface area contributed by atoms with Gasteiger partial charge in [-0.2, -0.15) is 0 Å². The Morgan fingerprint density at radius 2 is 1.77 bits per heavy atom. The topological polar surface area (TPSA) is 54.0 Å². The lowest BCUT2D eigenvalue weighted by Gasteiger charge is -2.09. The summed E-state index contributed by atoms with van der Waals surface area (Å²) in [6.45, 7) is 4.54. The second kappa shape index (κ2) is 7.78.